The number of methoxy groups -OCH3 is 1. The molecule has 0 saturated carbocycles. The van der Waals surface area contributed by atoms with Crippen LogP contribution in [-0.4, -0.2) is 35.7 Å². The molecule has 1 heterocycles. The Balaban J connectivity index is 1.40. The number of carbonyl (C=O) groups is 1. The summed E-state index contributed by atoms with van der Waals surface area (Å²) in [5.74, 6) is 2.35. The maximum atomic E-state index is 12.5. The fourth-order valence-electron chi connectivity index (χ4n) is 4.30. The number of carbonyl (C=O) groups excluding carboxylic acids is 1. The molecule has 0 bridgehead atoms. The summed E-state index contributed by atoms with van der Waals surface area (Å²) in [5.41, 5.74) is 5.29. The summed E-state index contributed by atoms with van der Waals surface area (Å²) in [6.07, 6.45) is 3.66. The molecule has 0 aliphatic heterocycles. The lowest BCUT2D eigenvalue weighted by molar-refractivity contribution is -0.120. The van der Waals surface area contributed by atoms with Gasteiger partial charge in [0.2, 0.25) is 5.91 Å². The summed E-state index contributed by atoms with van der Waals surface area (Å²) >= 11 is 0. The summed E-state index contributed by atoms with van der Waals surface area (Å²) in [6.45, 7) is 7.43. The average Bonchev–Trinajstić information content (AvgIpc) is 3.23. The Morgan fingerprint density at radius 3 is 2.69 bits per heavy atom. The minimum atomic E-state index is 0.0160. The first-order chi connectivity index (χ1) is 17.6. The Bertz CT molecular complexity index is 1340. The van der Waals surface area contributed by atoms with Crippen molar-refractivity contribution in [2.45, 2.75) is 32.7 Å². The molecule has 1 aromatic heterocycles. The van der Waals surface area contributed by atoms with E-state index in [0.29, 0.717) is 44.0 Å². The molecule has 0 unspecified atom stereocenters. The zero-order valence-corrected chi connectivity index (χ0v) is 21.0. The Morgan fingerprint density at radius 1 is 1.08 bits per heavy atom. The van der Waals surface area contributed by atoms with E-state index in [1.807, 2.05) is 73.7 Å². The van der Waals surface area contributed by atoms with Crippen LogP contribution < -0.4 is 14.8 Å². The number of para-hydroxylation sites is 2. The van der Waals surface area contributed by atoms with E-state index in [-0.39, 0.29) is 5.91 Å². The highest BCUT2D eigenvalue weighted by atomic mass is 16.5. The topological polar surface area (TPSA) is 65.4 Å². The first-order valence-electron chi connectivity index (χ1n) is 12.2. The summed E-state index contributed by atoms with van der Waals surface area (Å²) in [5, 5.41) is 3.04. The highest BCUT2D eigenvalue weighted by molar-refractivity contribution is 5.79. The summed E-state index contributed by atoms with van der Waals surface area (Å²) in [7, 11) is 1.65. The van der Waals surface area contributed by atoms with Crippen LogP contribution in [0.5, 0.6) is 11.5 Å². The third-order valence-corrected chi connectivity index (χ3v) is 6.20. The third kappa shape index (κ3) is 6.13. The molecular formula is C30H33N3O3. The van der Waals surface area contributed by atoms with Crippen molar-refractivity contribution in [3.63, 3.8) is 0 Å². The number of rotatable bonds is 12. The number of nitrogens with one attached hydrogen (secondary N) is 1. The second-order valence-electron chi connectivity index (χ2n) is 8.70. The summed E-state index contributed by atoms with van der Waals surface area (Å²) < 4.78 is 13.8. The number of benzene rings is 3. The van der Waals surface area contributed by atoms with E-state index in [1.54, 1.807) is 7.11 Å². The molecular weight excluding hydrogens is 450 g/mol. The molecule has 6 heteroatoms. The molecule has 0 saturated heterocycles. The first kappa shape index (κ1) is 25.0. The van der Waals surface area contributed by atoms with Crippen LogP contribution in [0.25, 0.3) is 11.0 Å². The van der Waals surface area contributed by atoms with Gasteiger partial charge in [0.05, 0.1) is 31.1 Å². The predicted molar refractivity (Wildman–Crippen MR) is 144 cm³/mol. The van der Waals surface area contributed by atoms with Gasteiger partial charge in [-0.15, -0.1) is 6.58 Å². The van der Waals surface area contributed by atoms with E-state index < -0.39 is 0 Å². The molecule has 186 valence electrons. The van der Waals surface area contributed by atoms with Crippen LogP contribution in [-0.2, 0) is 30.6 Å². The molecule has 0 fully saturated rings. The predicted octanol–water partition coefficient (Wildman–Crippen LogP) is 5.06. The van der Waals surface area contributed by atoms with E-state index in [2.05, 4.69) is 22.5 Å². The van der Waals surface area contributed by atoms with Crippen LogP contribution in [0.15, 0.2) is 79.4 Å². The molecule has 1 amide bonds. The molecule has 0 spiro atoms. The van der Waals surface area contributed by atoms with Gasteiger partial charge in [0.15, 0.2) is 11.5 Å². The van der Waals surface area contributed by atoms with E-state index in [9.17, 15) is 4.79 Å². The lowest BCUT2D eigenvalue weighted by Crippen LogP contribution is -2.28. The van der Waals surface area contributed by atoms with Crippen LogP contribution in [0.2, 0.25) is 0 Å². The molecule has 1 N–H and O–H groups in total. The number of fused-ring (bicyclic) bond motifs is 1. The Hall–Kier alpha value is -4.06. The van der Waals surface area contributed by atoms with E-state index in [0.717, 1.165) is 40.0 Å². The zero-order chi connectivity index (χ0) is 25.3. The number of aromatic nitrogens is 2. The number of aryl methyl sites for hydroxylation is 1. The SMILES string of the molecule is C=CCc1ccc(OCCn2c(CCNC(=O)Cc3ccccc3C)nc3ccccc32)c(OC)c1. The average molecular weight is 484 g/mol. The third-order valence-electron chi connectivity index (χ3n) is 6.20. The summed E-state index contributed by atoms with van der Waals surface area (Å²) in [6, 6.07) is 22.0. The Kier molecular flexibility index (Phi) is 8.40. The highest BCUT2D eigenvalue weighted by Crippen LogP contribution is 2.28. The molecule has 4 rings (SSSR count). The van der Waals surface area contributed by atoms with Gasteiger partial charge in [-0.3, -0.25) is 4.79 Å². The second-order valence-corrected chi connectivity index (χ2v) is 8.70. The number of hydrogen-bond donors (Lipinski definition) is 1. The van der Waals surface area contributed by atoms with Gasteiger partial charge in [-0.05, 0) is 54.3 Å². The Morgan fingerprint density at radius 2 is 1.89 bits per heavy atom. The van der Waals surface area contributed by atoms with Crippen LogP contribution in [0.1, 0.15) is 22.5 Å². The molecule has 3 aromatic carbocycles. The zero-order valence-electron chi connectivity index (χ0n) is 21.0. The minimum Gasteiger partial charge on any atom is -0.493 e. The van der Waals surface area contributed by atoms with Gasteiger partial charge < -0.3 is 19.4 Å². The number of ether oxygens (including phenoxy) is 2. The molecule has 0 aliphatic carbocycles. The maximum Gasteiger partial charge on any atom is 0.224 e. The van der Waals surface area contributed by atoms with Gasteiger partial charge in [0.1, 0.15) is 12.4 Å². The van der Waals surface area contributed by atoms with E-state index in [4.69, 9.17) is 14.5 Å². The number of allylic oxidation sites excluding steroid dienone is 1. The van der Waals surface area contributed by atoms with Gasteiger partial charge in [0, 0.05) is 13.0 Å². The van der Waals surface area contributed by atoms with Crippen molar-refractivity contribution < 1.29 is 14.3 Å². The van der Waals surface area contributed by atoms with Crippen molar-refractivity contribution in [3.05, 3.63) is 102 Å². The lowest BCUT2D eigenvalue weighted by Gasteiger charge is -2.14. The highest BCUT2D eigenvalue weighted by Gasteiger charge is 2.13. The van der Waals surface area contributed by atoms with Crippen molar-refractivity contribution in [2.24, 2.45) is 0 Å². The smallest absolute Gasteiger partial charge is 0.224 e. The lowest BCUT2D eigenvalue weighted by atomic mass is 10.1. The molecule has 0 aliphatic rings. The van der Waals surface area contributed by atoms with Crippen molar-refractivity contribution in [2.75, 3.05) is 20.3 Å². The van der Waals surface area contributed by atoms with Gasteiger partial charge in [-0.1, -0.05) is 48.5 Å². The number of imidazole rings is 1. The van der Waals surface area contributed by atoms with Crippen LogP contribution in [0.4, 0.5) is 0 Å². The van der Waals surface area contributed by atoms with Crippen LogP contribution in [0.3, 0.4) is 0 Å². The van der Waals surface area contributed by atoms with Crippen LogP contribution >= 0.6 is 0 Å². The van der Waals surface area contributed by atoms with E-state index >= 15 is 0 Å². The fraction of sp³-hybridized carbons (Fsp3) is 0.267. The van der Waals surface area contributed by atoms with Gasteiger partial charge in [-0.25, -0.2) is 4.98 Å². The molecule has 36 heavy (non-hydrogen) atoms. The van der Waals surface area contributed by atoms with Crippen molar-refractivity contribution in [1.82, 2.24) is 14.9 Å². The standard InChI is InChI=1S/C30H33N3O3/c1-4-9-23-14-15-27(28(20-23)35-3)36-19-18-33-26-13-8-7-12-25(26)32-29(33)16-17-31-30(34)21-24-11-6-5-10-22(24)2/h4-8,10-15,20H,1,9,16-19,21H2,2-3H3,(H,31,34). The second kappa shape index (κ2) is 12.1. The number of hydrogen-bond acceptors (Lipinski definition) is 4. The maximum absolute atomic E-state index is 12.5. The van der Waals surface area contributed by atoms with Crippen molar-refractivity contribution in [3.8, 4) is 11.5 Å². The molecule has 0 atom stereocenters. The summed E-state index contributed by atoms with van der Waals surface area (Å²) in [4.78, 5) is 17.3. The van der Waals surface area contributed by atoms with Crippen LogP contribution in [0, 0.1) is 6.92 Å². The first-order valence-corrected chi connectivity index (χ1v) is 12.2. The van der Waals surface area contributed by atoms with Gasteiger partial charge >= 0.3 is 0 Å². The number of amides is 1. The molecule has 0 radical (unpaired) electrons. The fourth-order valence-corrected chi connectivity index (χ4v) is 4.30. The van der Waals surface area contributed by atoms with Gasteiger partial charge in [0.25, 0.3) is 0 Å². The molecule has 6 nitrogen and oxygen atoms in total. The Labute approximate surface area is 212 Å². The quantitative estimate of drug-likeness (QED) is 0.286. The van der Waals surface area contributed by atoms with Crippen molar-refractivity contribution in [1.29, 1.82) is 0 Å². The van der Waals surface area contributed by atoms with Gasteiger partial charge in [-0.2, -0.15) is 0 Å². The molecule has 4 aromatic rings. The normalized spacial score (nSPS) is 10.8. The monoisotopic (exact) mass is 483 g/mol. The van der Waals surface area contributed by atoms with E-state index in [1.165, 1.54) is 0 Å². The van der Waals surface area contributed by atoms with Crippen molar-refractivity contribution >= 4 is 16.9 Å². The largest absolute Gasteiger partial charge is 0.493 e. The minimum absolute atomic E-state index is 0.0160. The number of nitrogens with zero attached hydrogens (tertiary/aromatic N) is 2.